The van der Waals surface area contributed by atoms with Gasteiger partial charge in [0, 0.05) is 12.6 Å². The number of rotatable bonds is 5. The lowest BCUT2D eigenvalue weighted by molar-refractivity contribution is 0.266. The number of likely N-dealkylation sites (tertiary alicyclic amines) is 1. The van der Waals surface area contributed by atoms with Gasteiger partial charge < -0.3 is 5.32 Å². The Bertz CT molecular complexity index is 256. The maximum Gasteiger partial charge on any atom is 0.0209 e. The standard InChI is InChI=1S/C15H30N2/c1-6-8-16-10-12-7-9-17(11-12)13-14(2,3)15(13,4)5/h12-13,16H,6-11H2,1-5H3. The van der Waals surface area contributed by atoms with Gasteiger partial charge in [-0.3, -0.25) is 4.90 Å². The van der Waals surface area contributed by atoms with Crippen LogP contribution >= 0.6 is 0 Å². The molecule has 1 atom stereocenters. The number of nitrogens with one attached hydrogen (secondary N) is 1. The molecule has 2 heteroatoms. The fourth-order valence-electron chi connectivity index (χ4n) is 3.82. The summed E-state index contributed by atoms with van der Waals surface area (Å²) in [6, 6.07) is 0.811. The topological polar surface area (TPSA) is 15.3 Å². The van der Waals surface area contributed by atoms with E-state index in [2.05, 4.69) is 44.8 Å². The van der Waals surface area contributed by atoms with Gasteiger partial charge in [0.1, 0.15) is 0 Å². The molecule has 0 bridgehead atoms. The van der Waals surface area contributed by atoms with E-state index in [-0.39, 0.29) is 0 Å². The van der Waals surface area contributed by atoms with Gasteiger partial charge >= 0.3 is 0 Å². The molecular weight excluding hydrogens is 208 g/mol. The molecule has 2 aliphatic rings. The Balaban J connectivity index is 1.79. The van der Waals surface area contributed by atoms with Gasteiger partial charge in [-0.25, -0.2) is 0 Å². The second-order valence-corrected chi connectivity index (χ2v) is 7.20. The zero-order valence-corrected chi connectivity index (χ0v) is 12.3. The molecule has 0 aromatic heterocycles. The Hall–Kier alpha value is -0.0800. The molecule has 0 spiro atoms. The first-order valence-corrected chi connectivity index (χ1v) is 7.36. The van der Waals surface area contributed by atoms with Gasteiger partial charge in [0.25, 0.3) is 0 Å². The van der Waals surface area contributed by atoms with Crippen molar-refractivity contribution < 1.29 is 0 Å². The molecule has 0 aromatic carbocycles. The highest BCUT2D eigenvalue weighted by Crippen LogP contribution is 2.65. The van der Waals surface area contributed by atoms with Crippen molar-refractivity contribution >= 4 is 0 Å². The summed E-state index contributed by atoms with van der Waals surface area (Å²) in [5, 5.41) is 3.57. The van der Waals surface area contributed by atoms with Crippen molar-refractivity contribution in [3.63, 3.8) is 0 Å². The van der Waals surface area contributed by atoms with E-state index >= 15 is 0 Å². The molecule has 1 saturated carbocycles. The lowest BCUT2D eigenvalue weighted by Gasteiger charge is -2.19. The van der Waals surface area contributed by atoms with Crippen molar-refractivity contribution in [3.8, 4) is 0 Å². The molecule has 2 nitrogen and oxygen atoms in total. The lowest BCUT2D eigenvalue weighted by Crippen LogP contribution is -2.30. The summed E-state index contributed by atoms with van der Waals surface area (Å²) >= 11 is 0. The molecule has 2 fully saturated rings. The molecule has 1 heterocycles. The van der Waals surface area contributed by atoms with Crippen LogP contribution in [0.3, 0.4) is 0 Å². The summed E-state index contributed by atoms with van der Waals surface area (Å²) in [7, 11) is 0. The van der Waals surface area contributed by atoms with Crippen molar-refractivity contribution in [2.45, 2.75) is 53.5 Å². The second kappa shape index (κ2) is 4.55. The van der Waals surface area contributed by atoms with E-state index in [4.69, 9.17) is 0 Å². The van der Waals surface area contributed by atoms with E-state index < -0.39 is 0 Å². The van der Waals surface area contributed by atoms with Gasteiger partial charge in [-0.2, -0.15) is 0 Å². The number of hydrogen-bond acceptors (Lipinski definition) is 2. The normalized spacial score (nSPS) is 31.9. The molecule has 0 radical (unpaired) electrons. The van der Waals surface area contributed by atoms with Gasteiger partial charge in [-0.15, -0.1) is 0 Å². The van der Waals surface area contributed by atoms with E-state index in [1.165, 1.54) is 39.0 Å². The van der Waals surface area contributed by atoms with E-state index in [1.54, 1.807) is 0 Å². The Morgan fingerprint density at radius 2 is 1.82 bits per heavy atom. The van der Waals surface area contributed by atoms with E-state index in [0.717, 1.165) is 12.0 Å². The summed E-state index contributed by atoms with van der Waals surface area (Å²) < 4.78 is 0. The molecule has 17 heavy (non-hydrogen) atoms. The highest BCUT2D eigenvalue weighted by atomic mass is 15.2. The van der Waals surface area contributed by atoms with Crippen LogP contribution in [0.15, 0.2) is 0 Å². The van der Waals surface area contributed by atoms with Crippen LogP contribution in [0.25, 0.3) is 0 Å². The molecule has 0 aromatic rings. The van der Waals surface area contributed by atoms with Gasteiger partial charge in [-0.1, -0.05) is 34.6 Å². The Kier molecular flexibility index (Phi) is 3.57. The fraction of sp³-hybridized carbons (Fsp3) is 1.00. The van der Waals surface area contributed by atoms with Crippen LogP contribution in [0.1, 0.15) is 47.5 Å². The minimum absolute atomic E-state index is 0.513. The van der Waals surface area contributed by atoms with Crippen molar-refractivity contribution in [3.05, 3.63) is 0 Å². The average molecular weight is 238 g/mol. The van der Waals surface area contributed by atoms with Crippen LogP contribution in [0, 0.1) is 16.7 Å². The van der Waals surface area contributed by atoms with Crippen LogP contribution in [0.2, 0.25) is 0 Å². The van der Waals surface area contributed by atoms with Gasteiger partial charge in [0.15, 0.2) is 0 Å². The maximum absolute atomic E-state index is 3.57. The third kappa shape index (κ3) is 2.26. The van der Waals surface area contributed by atoms with Crippen LogP contribution in [0.5, 0.6) is 0 Å². The molecule has 1 saturated heterocycles. The first-order chi connectivity index (χ1) is 7.91. The van der Waals surface area contributed by atoms with Gasteiger partial charge in [0.05, 0.1) is 0 Å². The average Bonchev–Trinajstić information content (AvgIpc) is 2.60. The first kappa shape index (κ1) is 13.4. The minimum Gasteiger partial charge on any atom is -0.316 e. The summed E-state index contributed by atoms with van der Waals surface area (Å²) in [6.45, 7) is 17.0. The van der Waals surface area contributed by atoms with E-state index in [9.17, 15) is 0 Å². The summed E-state index contributed by atoms with van der Waals surface area (Å²) in [5.41, 5.74) is 1.03. The monoisotopic (exact) mass is 238 g/mol. The summed E-state index contributed by atoms with van der Waals surface area (Å²) in [4.78, 5) is 2.75. The van der Waals surface area contributed by atoms with Gasteiger partial charge in [0.2, 0.25) is 0 Å². The largest absolute Gasteiger partial charge is 0.316 e. The molecule has 100 valence electrons. The molecule has 2 rings (SSSR count). The van der Waals surface area contributed by atoms with Gasteiger partial charge in [-0.05, 0) is 49.2 Å². The zero-order chi connectivity index (χ0) is 12.7. The smallest absolute Gasteiger partial charge is 0.0209 e. The van der Waals surface area contributed by atoms with E-state index in [0.29, 0.717) is 10.8 Å². The third-order valence-electron chi connectivity index (χ3n) is 5.49. The Morgan fingerprint density at radius 3 is 2.35 bits per heavy atom. The van der Waals surface area contributed by atoms with Crippen molar-refractivity contribution in [1.29, 1.82) is 0 Å². The van der Waals surface area contributed by atoms with Crippen molar-refractivity contribution in [1.82, 2.24) is 10.2 Å². The fourth-order valence-corrected chi connectivity index (χ4v) is 3.82. The van der Waals surface area contributed by atoms with Crippen molar-refractivity contribution in [2.24, 2.45) is 16.7 Å². The van der Waals surface area contributed by atoms with Crippen LogP contribution < -0.4 is 5.32 Å². The summed E-state index contributed by atoms with van der Waals surface area (Å²) in [5.74, 6) is 0.883. The molecule has 1 unspecified atom stereocenters. The Labute approximate surface area is 107 Å². The second-order valence-electron chi connectivity index (χ2n) is 7.20. The highest BCUT2D eigenvalue weighted by molar-refractivity contribution is 5.19. The predicted octanol–water partition coefficient (Wildman–Crippen LogP) is 2.74. The van der Waals surface area contributed by atoms with E-state index in [1.807, 2.05) is 0 Å². The SMILES string of the molecule is CCCNCC1CCN(C2C(C)(C)C2(C)C)C1. The highest BCUT2D eigenvalue weighted by Gasteiger charge is 2.67. The molecule has 1 aliphatic carbocycles. The van der Waals surface area contributed by atoms with Crippen molar-refractivity contribution in [2.75, 3.05) is 26.2 Å². The molecule has 0 amide bonds. The lowest BCUT2D eigenvalue weighted by atomic mass is 10.0. The predicted molar refractivity (Wildman–Crippen MR) is 74.2 cm³/mol. The zero-order valence-electron chi connectivity index (χ0n) is 12.3. The molecular formula is C15H30N2. The summed E-state index contributed by atoms with van der Waals surface area (Å²) in [6.07, 6.45) is 2.64. The van der Waals surface area contributed by atoms with Crippen LogP contribution in [-0.4, -0.2) is 37.1 Å². The minimum atomic E-state index is 0.513. The number of hydrogen-bond donors (Lipinski definition) is 1. The molecule has 1 aliphatic heterocycles. The van der Waals surface area contributed by atoms with Crippen LogP contribution in [-0.2, 0) is 0 Å². The first-order valence-electron chi connectivity index (χ1n) is 7.36. The molecule has 1 N–H and O–H groups in total. The quantitative estimate of drug-likeness (QED) is 0.741. The number of nitrogens with zero attached hydrogens (tertiary/aromatic N) is 1. The maximum atomic E-state index is 3.57. The third-order valence-corrected chi connectivity index (χ3v) is 5.49. The van der Waals surface area contributed by atoms with Crippen LogP contribution in [0.4, 0.5) is 0 Å². The Morgan fingerprint density at radius 1 is 1.18 bits per heavy atom.